The summed E-state index contributed by atoms with van der Waals surface area (Å²) in [5.74, 6) is -1.98. The van der Waals surface area contributed by atoms with E-state index in [9.17, 15) is 19.2 Å². The quantitative estimate of drug-likeness (QED) is 0.556. The number of imide groups is 1. The number of urea groups is 1. The van der Waals surface area contributed by atoms with Crippen LogP contribution in [-0.4, -0.2) is 30.0 Å². The Balaban J connectivity index is 3.11. The first-order chi connectivity index (χ1) is 6.41. The van der Waals surface area contributed by atoms with Crippen molar-refractivity contribution in [1.29, 1.82) is 0 Å². The molecule has 0 aliphatic carbocycles. The zero-order valence-electron chi connectivity index (χ0n) is 7.84. The minimum Gasteiger partial charge on any atom is -0.336 e. The molecule has 0 saturated carbocycles. The van der Waals surface area contributed by atoms with E-state index in [2.05, 4.69) is 5.32 Å². The van der Waals surface area contributed by atoms with Crippen molar-refractivity contribution in [3.63, 3.8) is 0 Å². The highest BCUT2D eigenvalue weighted by Crippen LogP contribution is 2.21. The van der Waals surface area contributed by atoms with E-state index in [4.69, 9.17) is 0 Å². The molecule has 1 aliphatic rings. The Morgan fingerprint density at radius 3 is 2.07 bits per heavy atom. The van der Waals surface area contributed by atoms with E-state index in [-0.39, 0.29) is 6.54 Å². The van der Waals surface area contributed by atoms with Crippen LogP contribution in [0.4, 0.5) is 4.79 Å². The molecule has 0 aromatic carbocycles. The molecule has 3 amide bonds. The van der Waals surface area contributed by atoms with Crippen LogP contribution in [0, 0.1) is 5.41 Å². The third-order valence-electron chi connectivity index (χ3n) is 2.33. The fourth-order valence-corrected chi connectivity index (χ4v) is 1.36. The Morgan fingerprint density at radius 1 is 1.21 bits per heavy atom. The summed E-state index contributed by atoms with van der Waals surface area (Å²) in [6.07, 6.45) is 0. The Labute approximate surface area is 80.0 Å². The molecule has 6 heteroatoms. The molecule has 1 fully saturated rings. The maximum atomic E-state index is 11.4. The molecule has 0 spiro atoms. The van der Waals surface area contributed by atoms with Crippen LogP contribution in [0.3, 0.4) is 0 Å². The van der Waals surface area contributed by atoms with E-state index in [0.29, 0.717) is 0 Å². The van der Waals surface area contributed by atoms with Gasteiger partial charge in [0.1, 0.15) is 0 Å². The summed E-state index contributed by atoms with van der Waals surface area (Å²) >= 11 is 0. The van der Waals surface area contributed by atoms with Crippen LogP contribution in [0.15, 0.2) is 0 Å². The first-order valence-corrected chi connectivity index (χ1v) is 4.02. The SMILES string of the molecule is CC(=O)C1(C(C)=O)CNC(=O)NC1=O. The fourth-order valence-electron chi connectivity index (χ4n) is 1.36. The van der Waals surface area contributed by atoms with Crippen LogP contribution in [0.1, 0.15) is 13.8 Å². The second kappa shape index (κ2) is 3.21. The summed E-state index contributed by atoms with van der Waals surface area (Å²) in [4.78, 5) is 44.6. The first kappa shape index (κ1) is 10.4. The minimum absolute atomic E-state index is 0.262. The number of hydrogen-bond acceptors (Lipinski definition) is 4. The normalized spacial score (nSPS) is 19.6. The van der Waals surface area contributed by atoms with Gasteiger partial charge in [0.05, 0.1) is 0 Å². The summed E-state index contributed by atoms with van der Waals surface area (Å²) in [7, 11) is 0. The first-order valence-electron chi connectivity index (χ1n) is 4.02. The van der Waals surface area contributed by atoms with Crippen molar-refractivity contribution in [1.82, 2.24) is 10.6 Å². The molecule has 2 N–H and O–H groups in total. The molecule has 1 aliphatic heterocycles. The second-order valence-corrected chi connectivity index (χ2v) is 3.15. The Bertz CT molecular complexity index is 320. The average Bonchev–Trinajstić information content (AvgIpc) is 2.02. The summed E-state index contributed by atoms with van der Waals surface area (Å²) in [6.45, 7) is 2.04. The smallest absolute Gasteiger partial charge is 0.321 e. The lowest BCUT2D eigenvalue weighted by atomic mass is 9.78. The van der Waals surface area contributed by atoms with Crippen molar-refractivity contribution in [2.24, 2.45) is 5.41 Å². The van der Waals surface area contributed by atoms with Crippen molar-refractivity contribution >= 4 is 23.5 Å². The van der Waals surface area contributed by atoms with Crippen LogP contribution < -0.4 is 10.6 Å². The van der Waals surface area contributed by atoms with E-state index in [1.807, 2.05) is 5.32 Å². The lowest BCUT2D eigenvalue weighted by Gasteiger charge is -2.30. The van der Waals surface area contributed by atoms with Gasteiger partial charge < -0.3 is 5.32 Å². The number of rotatable bonds is 2. The summed E-state index contributed by atoms with van der Waals surface area (Å²) in [5, 5.41) is 4.16. The highest BCUT2D eigenvalue weighted by molar-refractivity contribution is 6.26. The van der Waals surface area contributed by atoms with Crippen LogP contribution in [-0.2, 0) is 14.4 Å². The van der Waals surface area contributed by atoms with Gasteiger partial charge in [-0.3, -0.25) is 19.7 Å². The number of carbonyl (C=O) groups excluding carboxylic acids is 4. The maximum Gasteiger partial charge on any atom is 0.321 e. The van der Waals surface area contributed by atoms with Gasteiger partial charge in [0.2, 0.25) is 0 Å². The van der Waals surface area contributed by atoms with Crippen LogP contribution in [0.5, 0.6) is 0 Å². The third-order valence-corrected chi connectivity index (χ3v) is 2.33. The largest absolute Gasteiger partial charge is 0.336 e. The van der Waals surface area contributed by atoms with Crippen LogP contribution in [0.25, 0.3) is 0 Å². The number of nitrogens with one attached hydrogen (secondary N) is 2. The van der Waals surface area contributed by atoms with Gasteiger partial charge in [-0.15, -0.1) is 0 Å². The topological polar surface area (TPSA) is 92.3 Å². The van der Waals surface area contributed by atoms with Crippen LogP contribution in [0.2, 0.25) is 0 Å². The predicted octanol–water partition coefficient (Wildman–Crippen LogP) is -1.01. The van der Waals surface area contributed by atoms with Gasteiger partial charge >= 0.3 is 6.03 Å². The molecule has 1 rings (SSSR count). The van der Waals surface area contributed by atoms with Gasteiger partial charge in [-0.25, -0.2) is 4.79 Å². The van der Waals surface area contributed by atoms with Crippen molar-refractivity contribution < 1.29 is 19.2 Å². The van der Waals surface area contributed by atoms with E-state index in [1.165, 1.54) is 0 Å². The summed E-state index contributed by atoms with van der Waals surface area (Å²) in [5.41, 5.74) is -1.74. The second-order valence-electron chi connectivity index (χ2n) is 3.15. The van der Waals surface area contributed by atoms with E-state index < -0.39 is 28.9 Å². The monoisotopic (exact) mass is 198 g/mol. The standard InChI is InChI=1S/C8H10N2O4/c1-4(11)8(5(2)12)3-9-7(14)10-6(8)13/h3H2,1-2H3,(H2,9,10,13,14). The molecule has 14 heavy (non-hydrogen) atoms. The molecule has 0 aromatic heterocycles. The molecular weight excluding hydrogens is 188 g/mol. The number of amides is 3. The van der Waals surface area contributed by atoms with E-state index in [0.717, 1.165) is 13.8 Å². The molecular formula is C8H10N2O4. The van der Waals surface area contributed by atoms with Gasteiger partial charge in [0, 0.05) is 6.54 Å². The number of ketones is 2. The minimum atomic E-state index is -1.74. The molecule has 0 atom stereocenters. The molecule has 0 bridgehead atoms. The zero-order chi connectivity index (χ0) is 10.9. The average molecular weight is 198 g/mol. The van der Waals surface area contributed by atoms with Crippen molar-refractivity contribution in [3.05, 3.63) is 0 Å². The Kier molecular flexibility index (Phi) is 2.37. The number of carbonyl (C=O) groups is 4. The Hall–Kier alpha value is -1.72. The van der Waals surface area contributed by atoms with E-state index >= 15 is 0 Å². The lowest BCUT2D eigenvalue weighted by molar-refractivity contribution is -0.148. The highest BCUT2D eigenvalue weighted by Gasteiger charge is 2.51. The van der Waals surface area contributed by atoms with Gasteiger partial charge in [-0.05, 0) is 13.8 Å². The van der Waals surface area contributed by atoms with Crippen LogP contribution >= 0.6 is 0 Å². The molecule has 1 heterocycles. The number of Topliss-reactive ketones (excluding diaryl/α,β-unsaturated/α-hetero) is 2. The van der Waals surface area contributed by atoms with Gasteiger partial charge in [-0.1, -0.05) is 0 Å². The number of hydrogen-bond donors (Lipinski definition) is 2. The Morgan fingerprint density at radius 2 is 1.71 bits per heavy atom. The third kappa shape index (κ3) is 1.28. The van der Waals surface area contributed by atoms with Gasteiger partial charge in [0.25, 0.3) is 5.91 Å². The molecule has 0 radical (unpaired) electrons. The molecule has 6 nitrogen and oxygen atoms in total. The molecule has 0 unspecified atom stereocenters. The van der Waals surface area contributed by atoms with Gasteiger partial charge in [0.15, 0.2) is 17.0 Å². The predicted molar refractivity (Wildman–Crippen MR) is 45.3 cm³/mol. The highest BCUT2D eigenvalue weighted by atomic mass is 16.2. The maximum absolute atomic E-state index is 11.4. The molecule has 76 valence electrons. The molecule has 0 aromatic rings. The van der Waals surface area contributed by atoms with Gasteiger partial charge in [-0.2, -0.15) is 0 Å². The summed E-state index contributed by atoms with van der Waals surface area (Å²) in [6, 6.07) is -0.687. The lowest BCUT2D eigenvalue weighted by Crippen LogP contribution is -2.64. The molecule has 1 saturated heterocycles. The van der Waals surface area contributed by atoms with Crippen molar-refractivity contribution in [2.45, 2.75) is 13.8 Å². The summed E-state index contributed by atoms with van der Waals surface area (Å²) < 4.78 is 0. The van der Waals surface area contributed by atoms with E-state index in [1.54, 1.807) is 0 Å². The van der Waals surface area contributed by atoms with Crippen molar-refractivity contribution in [3.8, 4) is 0 Å². The zero-order valence-corrected chi connectivity index (χ0v) is 7.84. The fraction of sp³-hybridized carbons (Fsp3) is 0.500. The van der Waals surface area contributed by atoms with Crippen molar-refractivity contribution in [2.75, 3.05) is 6.54 Å².